The third-order valence-electron chi connectivity index (χ3n) is 2.97. The molecule has 0 saturated carbocycles. The second kappa shape index (κ2) is 4.89. The Kier molecular flexibility index (Phi) is 3.99. The van der Waals surface area contributed by atoms with Gasteiger partial charge in [0.15, 0.2) is 0 Å². The Morgan fingerprint density at radius 3 is 2.19 bits per heavy atom. The molecule has 1 atom stereocenters. The van der Waals surface area contributed by atoms with Crippen LogP contribution in [0.5, 0.6) is 0 Å². The monoisotopic (exact) mass is 229 g/mol. The minimum atomic E-state index is -1.27. The molecule has 0 radical (unpaired) electrons. The average Bonchev–Trinajstić information content (AvgIpc) is 2.23. The van der Waals surface area contributed by atoms with Crippen molar-refractivity contribution in [3.05, 3.63) is 35.4 Å². The van der Waals surface area contributed by atoms with Gasteiger partial charge in [0.1, 0.15) is 11.6 Å². The van der Waals surface area contributed by atoms with Crippen molar-refractivity contribution in [2.75, 3.05) is 6.54 Å². The number of hydrogen-bond acceptors (Lipinski definition) is 2. The molecule has 0 amide bonds. The summed E-state index contributed by atoms with van der Waals surface area (Å²) in [6.45, 7) is 3.51. The normalized spacial score (nSPS) is 15.2. The van der Waals surface area contributed by atoms with Crippen molar-refractivity contribution in [1.29, 1.82) is 0 Å². The molecule has 16 heavy (non-hydrogen) atoms. The molecule has 0 aliphatic carbocycles. The summed E-state index contributed by atoms with van der Waals surface area (Å²) in [4.78, 5) is 0. The molecule has 0 saturated heterocycles. The number of nitrogens with two attached hydrogens (primary N) is 1. The Labute approximate surface area is 94.1 Å². The van der Waals surface area contributed by atoms with E-state index in [2.05, 4.69) is 0 Å². The zero-order chi connectivity index (χ0) is 12.3. The van der Waals surface area contributed by atoms with Crippen LogP contribution >= 0.6 is 0 Å². The fourth-order valence-corrected chi connectivity index (χ4v) is 1.52. The fourth-order valence-electron chi connectivity index (χ4n) is 1.52. The zero-order valence-corrected chi connectivity index (χ0v) is 9.50. The Bertz CT molecular complexity index is 348. The third kappa shape index (κ3) is 2.57. The van der Waals surface area contributed by atoms with E-state index >= 15 is 0 Å². The summed E-state index contributed by atoms with van der Waals surface area (Å²) in [7, 11) is 0. The molecule has 0 bridgehead atoms. The molecule has 0 aliphatic rings. The van der Waals surface area contributed by atoms with Crippen LogP contribution in [0.15, 0.2) is 18.2 Å². The van der Waals surface area contributed by atoms with E-state index in [1.807, 2.05) is 0 Å². The summed E-state index contributed by atoms with van der Waals surface area (Å²) in [5.41, 5.74) is 4.08. The van der Waals surface area contributed by atoms with E-state index in [0.717, 1.165) is 0 Å². The maximum Gasteiger partial charge on any atom is 0.129 e. The highest BCUT2D eigenvalue weighted by atomic mass is 19.1. The molecular weight excluding hydrogens is 212 g/mol. The van der Waals surface area contributed by atoms with Crippen LogP contribution in [0.1, 0.15) is 19.4 Å². The molecular formula is C12H17F2NO. The second-order valence-corrected chi connectivity index (χ2v) is 4.34. The van der Waals surface area contributed by atoms with Gasteiger partial charge in [-0.2, -0.15) is 0 Å². The van der Waals surface area contributed by atoms with E-state index in [9.17, 15) is 13.9 Å². The van der Waals surface area contributed by atoms with E-state index in [1.54, 1.807) is 13.8 Å². The van der Waals surface area contributed by atoms with Gasteiger partial charge in [0, 0.05) is 18.5 Å². The first-order chi connectivity index (χ1) is 7.40. The molecule has 1 rings (SSSR count). The molecule has 0 aliphatic heterocycles. The molecule has 0 aromatic heterocycles. The lowest BCUT2D eigenvalue weighted by Crippen LogP contribution is -2.45. The second-order valence-electron chi connectivity index (χ2n) is 4.34. The number of aliphatic hydroxyl groups is 1. The van der Waals surface area contributed by atoms with Crippen molar-refractivity contribution >= 4 is 0 Å². The Hall–Kier alpha value is -1.00. The molecule has 2 nitrogen and oxygen atoms in total. The van der Waals surface area contributed by atoms with Crippen molar-refractivity contribution in [3.8, 4) is 0 Å². The zero-order valence-electron chi connectivity index (χ0n) is 9.50. The molecule has 3 N–H and O–H groups in total. The first-order valence-electron chi connectivity index (χ1n) is 5.26. The van der Waals surface area contributed by atoms with E-state index in [0.29, 0.717) is 0 Å². The SMILES string of the molecule is CC(C)C(O)(CN)Cc1c(F)cccc1F. The van der Waals surface area contributed by atoms with Crippen molar-refractivity contribution in [1.82, 2.24) is 0 Å². The maximum atomic E-state index is 13.4. The van der Waals surface area contributed by atoms with Crippen LogP contribution in [0.3, 0.4) is 0 Å². The van der Waals surface area contributed by atoms with Gasteiger partial charge in [-0.25, -0.2) is 8.78 Å². The quantitative estimate of drug-likeness (QED) is 0.827. The molecule has 0 spiro atoms. The summed E-state index contributed by atoms with van der Waals surface area (Å²) in [5, 5.41) is 10.1. The van der Waals surface area contributed by atoms with Gasteiger partial charge >= 0.3 is 0 Å². The fraction of sp³-hybridized carbons (Fsp3) is 0.500. The Morgan fingerprint density at radius 2 is 1.81 bits per heavy atom. The van der Waals surface area contributed by atoms with Gasteiger partial charge in [-0.3, -0.25) is 0 Å². The first-order valence-corrected chi connectivity index (χ1v) is 5.26. The van der Waals surface area contributed by atoms with Gasteiger partial charge in [-0.05, 0) is 18.1 Å². The lowest BCUT2D eigenvalue weighted by molar-refractivity contribution is 0.00262. The molecule has 0 heterocycles. The summed E-state index contributed by atoms with van der Waals surface area (Å²) >= 11 is 0. The van der Waals surface area contributed by atoms with Gasteiger partial charge < -0.3 is 10.8 Å². The van der Waals surface area contributed by atoms with Crippen LogP contribution in [0.4, 0.5) is 8.78 Å². The smallest absolute Gasteiger partial charge is 0.129 e. The molecule has 4 heteroatoms. The Balaban J connectivity index is 3.03. The lowest BCUT2D eigenvalue weighted by Gasteiger charge is -2.31. The van der Waals surface area contributed by atoms with E-state index < -0.39 is 17.2 Å². The van der Waals surface area contributed by atoms with Crippen molar-refractivity contribution in [2.24, 2.45) is 11.7 Å². The summed E-state index contributed by atoms with van der Waals surface area (Å²) in [6, 6.07) is 3.65. The van der Waals surface area contributed by atoms with E-state index in [4.69, 9.17) is 5.73 Å². The summed E-state index contributed by atoms with van der Waals surface area (Å²) in [5.74, 6) is -1.46. The molecule has 1 unspecified atom stereocenters. The minimum Gasteiger partial charge on any atom is -0.388 e. The largest absolute Gasteiger partial charge is 0.388 e. The van der Waals surface area contributed by atoms with Crippen LogP contribution in [0, 0.1) is 17.6 Å². The van der Waals surface area contributed by atoms with E-state index in [1.165, 1.54) is 18.2 Å². The van der Waals surface area contributed by atoms with Gasteiger partial charge in [-0.1, -0.05) is 19.9 Å². The topological polar surface area (TPSA) is 46.2 Å². The van der Waals surface area contributed by atoms with Crippen LogP contribution in [-0.4, -0.2) is 17.3 Å². The Morgan fingerprint density at radius 1 is 1.31 bits per heavy atom. The van der Waals surface area contributed by atoms with Crippen LogP contribution < -0.4 is 5.73 Å². The van der Waals surface area contributed by atoms with Crippen molar-refractivity contribution < 1.29 is 13.9 Å². The van der Waals surface area contributed by atoms with Crippen LogP contribution in [0.2, 0.25) is 0 Å². The van der Waals surface area contributed by atoms with E-state index in [-0.39, 0.29) is 24.4 Å². The van der Waals surface area contributed by atoms with Crippen LogP contribution in [-0.2, 0) is 6.42 Å². The molecule has 90 valence electrons. The van der Waals surface area contributed by atoms with Crippen molar-refractivity contribution in [2.45, 2.75) is 25.9 Å². The predicted molar refractivity (Wildman–Crippen MR) is 58.9 cm³/mol. The highest BCUT2D eigenvalue weighted by Crippen LogP contribution is 2.24. The first kappa shape index (κ1) is 13.1. The summed E-state index contributed by atoms with van der Waals surface area (Å²) in [6.07, 6.45) is -0.111. The number of halogens is 2. The highest BCUT2D eigenvalue weighted by Gasteiger charge is 2.31. The van der Waals surface area contributed by atoms with Gasteiger partial charge in [0.25, 0.3) is 0 Å². The third-order valence-corrected chi connectivity index (χ3v) is 2.97. The standard InChI is InChI=1S/C12H17F2NO/c1-8(2)12(16,7-15)6-9-10(13)4-3-5-11(9)14/h3-5,8,16H,6-7,15H2,1-2H3. The highest BCUT2D eigenvalue weighted by molar-refractivity contribution is 5.22. The number of benzene rings is 1. The average molecular weight is 229 g/mol. The van der Waals surface area contributed by atoms with Gasteiger partial charge in [0.2, 0.25) is 0 Å². The lowest BCUT2D eigenvalue weighted by atomic mass is 9.84. The minimum absolute atomic E-state index is 0.0293. The molecule has 1 aromatic carbocycles. The van der Waals surface area contributed by atoms with Gasteiger partial charge in [0.05, 0.1) is 5.60 Å². The van der Waals surface area contributed by atoms with Crippen LogP contribution in [0.25, 0.3) is 0 Å². The molecule has 1 aromatic rings. The van der Waals surface area contributed by atoms with Gasteiger partial charge in [-0.15, -0.1) is 0 Å². The number of rotatable bonds is 4. The number of hydrogen-bond donors (Lipinski definition) is 2. The summed E-state index contributed by atoms with van der Waals surface area (Å²) < 4.78 is 26.8. The molecule has 0 fully saturated rings. The predicted octanol–water partition coefficient (Wildman–Crippen LogP) is 1.85. The van der Waals surface area contributed by atoms with Crippen molar-refractivity contribution in [3.63, 3.8) is 0 Å². The maximum absolute atomic E-state index is 13.4.